The molecule has 2 aromatic heterocycles. The minimum Gasteiger partial charge on any atom is -0.469 e. The van der Waals surface area contributed by atoms with Crippen molar-refractivity contribution in [3.8, 4) is 0 Å². The summed E-state index contributed by atoms with van der Waals surface area (Å²) in [6, 6.07) is 6.05. The monoisotopic (exact) mass is 292 g/mol. The zero-order valence-corrected chi connectivity index (χ0v) is 12.7. The average Bonchev–Trinajstić information content (AvgIpc) is 3.09. The van der Waals surface area contributed by atoms with Gasteiger partial charge in [0.1, 0.15) is 5.76 Å². The molecule has 0 aliphatic rings. The van der Waals surface area contributed by atoms with Crippen molar-refractivity contribution in [1.82, 2.24) is 10.2 Å². The number of carbonyl (C=O) groups excluding carboxylic acids is 1. The number of hydrogen-bond donors (Lipinski definition) is 1. The topological polar surface area (TPSA) is 45.5 Å². The minimum absolute atomic E-state index is 0.0588. The Morgan fingerprint density at radius 2 is 2.30 bits per heavy atom. The number of rotatable bonds is 7. The Balaban J connectivity index is 1.79. The molecule has 0 radical (unpaired) electrons. The van der Waals surface area contributed by atoms with Crippen LogP contribution in [0.3, 0.4) is 0 Å². The second kappa shape index (κ2) is 7.26. The van der Waals surface area contributed by atoms with Gasteiger partial charge in [-0.25, -0.2) is 0 Å². The summed E-state index contributed by atoms with van der Waals surface area (Å²) in [5.41, 5.74) is 1.24. The van der Waals surface area contributed by atoms with Crippen molar-refractivity contribution in [1.29, 1.82) is 0 Å². The van der Waals surface area contributed by atoms with Crippen LogP contribution in [0, 0.1) is 0 Å². The van der Waals surface area contributed by atoms with Crippen molar-refractivity contribution in [2.75, 3.05) is 20.6 Å². The zero-order valence-electron chi connectivity index (χ0n) is 11.8. The number of hydrogen-bond acceptors (Lipinski definition) is 4. The molecule has 0 fully saturated rings. The van der Waals surface area contributed by atoms with E-state index in [1.807, 2.05) is 26.2 Å². The van der Waals surface area contributed by atoms with Crippen LogP contribution in [0.15, 0.2) is 39.6 Å². The Morgan fingerprint density at radius 3 is 2.90 bits per heavy atom. The quantitative estimate of drug-likeness (QED) is 0.853. The van der Waals surface area contributed by atoms with Crippen LogP contribution in [-0.2, 0) is 11.2 Å². The second-order valence-electron chi connectivity index (χ2n) is 4.92. The van der Waals surface area contributed by atoms with Gasteiger partial charge in [0.2, 0.25) is 5.91 Å². The summed E-state index contributed by atoms with van der Waals surface area (Å²) in [7, 11) is 4.05. The number of nitrogens with one attached hydrogen (secondary N) is 1. The average molecular weight is 292 g/mol. The first-order valence-electron chi connectivity index (χ1n) is 6.64. The van der Waals surface area contributed by atoms with Crippen LogP contribution >= 0.6 is 11.3 Å². The molecule has 0 aliphatic heterocycles. The van der Waals surface area contributed by atoms with Gasteiger partial charge < -0.3 is 14.6 Å². The third-order valence-electron chi connectivity index (χ3n) is 3.22. The second-order valence-corrected chi connectivity index (χ2v) is 5.70. The highest BCUT2D eigenvalue weighted by Gasteiger charge is 2.15. The van der Waals surface area contributed by atoms with Crippen LogP contribution in [0.25, 0.3) is 0 Å². The number of aryl methyl sites for hydroxylation is 1. The zero-order chi connectivity index (χ0) is 14.4. The Bertz CT molecular complexity index is 506. The largest absolute Gasteiger partial charge is 0.469 e. The van der Waals surface area contributed by atoms with Gasteiger partial charge in [-0.2, -0.15) is 11.3 Å². The van der Waals surface area contributed by atoms with E-state index in [9.17, 15) is 4.79 Å². The summed E-state index contributed by atoms with van der Waals surface area (Å²) < 4.78 is 5.22. The maximum atomic E-state index is 11.9. The molecule has 0 spiro atoms. The lowest BCUT2D eigenvalue weighted by Crippen LogP contribution is -2.34. The first-order valence-corrected chi connectivity index (χ1v) is 7.58. The van der Waals surface area contributed by atoms with Crippen molar-refractivity contribution in [2.45, 2.75) is 18.9 Å². The fourth-order valence-corrected chi connectivity index (χ4v) is 2.76. The number of thiophene rings is 1. The predicted octanol–water partition coefficient (Wildman–Crippen LogP) is 2.69. The van der Waals surface area contributed by atoms with Gasteiger partial charge in [0, 0.05) is 19.4 Å². The van der Waals surface area contributed by atoms with E-state index in [-0.39, 0.29) is 11.9 Å². The molecule has 0 saturated carbocycles. The first-order chi connectivity index (χ1) is 9.66. The molecule has 1 atom stereocenters. The van der Waals surface area contributed by atoms with Gasteiger partial charge in [-0.1, -0.05) is 0 Å². The fraction of sp³-hybridized carbons (Fsp3) is 0.400. The standard InChI is InChI=1S/C15H20N2O2S/c1-17(2)14(12-7-9-20-11-12)10-16-15(18)6-5-13-4-3-8-19-13/h3-4,7-9,11,14H,5-6,10H2,1-2H3,(H,16,18). The predicted molar refractivity (Wildman–Crippen MR) is 80.8 cm³/mol. The third-order valence-corrected chi connectivity index (χ3v) is 3.92. The molecule has 1 amide bonds. The Hall–Kier alpha value is -1.59. The van der Waals surface area contributed by atoms with Crippen LogP contribution in [-0.4, -0.2) is 31.4 Å². The molecule has 1 unspecified atom stereocenters. The van der Waals surface area contributed by atoms with Crippen LogP contribution in [0.2, 0.25) is 0 Å². The normalized spacial score (nSPS) is 12.6. The Labute approximate surface area is 123 Å². The van der Waals surface area contributed by atoms with E-state index in [0.29, 0.717) is 19.4 Å². The number of furan rings is 1. The molecule has 0 aliphatic carbocycles. The van der Waals surface area contributed by atoms with E-state index in [2.05, 4.69) is 27.0 Å². The lowest BCUT2D eigenvalue weighted by Gasteiger charge is -2.24. The summed E-state index contributed by atoms with van der Waals surface area (Å²) in [5.74, 6) is 0.908. The van der Waals surface area contributed by atoms with Crippen LogP contribution in [0.5, 0.6) is 0 Å². The number of amides is 1. The molecule has 2 aromatic rings. The van der Waals surface area contributed by atoms with Crippen molar-refractivity contribution >= 4 is 17.2 Å². The molecule has 4 nitrogen and oxygen atoms in total. The van der Waals surface area contributed by atoms with Gasteiger partial charge >= 0.3 is 0 Å². The van der Waals surface area contributed by atoms with E-state index in [4.69, 9.17) is 4.42 Å². The summed E-state index contributed by atoms with van der Waals surface area (Å²) in [4.78, 5) is 14.0. The highest BCUT2D eigenvalue weighted by molar-refractivity contribution is 7.07. The van der Waals surface area contributed by atoms with Crippen LogP contribution < -0.4 is 5.32 Å². The number of carbonyl (C=O) groups is 1. The van der Waals surface area contributed by atoms with E-state index < -0.39 is 0 Å². The smallest absolute Gasteiger partial charge is 0.220 e. The van der Waals surface area contributed by atoms with Gasteiger partial charge in [-0.05, 0) is 48.6 Å². The van der Waals surface area contributed by atoms with Gasteiger partial charge in [-0.15, -0.1) is 0 Å². The third kappa shape index (κ3) is 4.21. The van der Waals surface area contributed by atoms with Crippen molar-refractivity contribution in [3.63, 3.8) is 0 Å². The van der Waals surface area contributed by atoms with Gasteiger partial charge in [0.25, 0.3) is 0 Å². The van der Waals surface area contributed by atoms with Crippen LogP contribution in [0.1, 0.15) is 23.8 Å². The maximum absolute atomic E-state index is 11.9. The summed E-state index contributed by atoms with van der Waals surface area (Å²) >= 11 is 1.68. The van der Waals surface area contributed by atoms with E-state index in [1.165, 1.54) is 5.56 Å². The molecule has 5 heteroatoms. The van der Waals surface area contributed by atoms with Crippen molar-refractivity contribution < 1.29 is 9.21 Å². The van der Waals surface area contributed by atoms with Gasteiger partial charge in [0.05, 0.1) is 12.3 Å². The summed E-state index contributed by atoms with van der Waals surface area (Å²) in [5, 5.41) is 7.18. The summed E-state index contributed by atoms with van der Waals surface area (Å²) in [6.07, 6.45) is 2.73. The van der Waals surface area contributed by atoms with E-state index in [0.717, 1.165) is 5.76 Å². The van der Waals surface area contributed by atoms with Crippen LogP contribution in [0.4, 0.5) is 0 Å². The molecular weight excluding hydrogens is 272 g/mol. The molecule has 108 valence electrons. The summed E-state index contributed by atoms with van der Waals surface area (Å²) in [6.45, 7) is 0.626. The number of nitrogens with zero attached hydrogens (tertiary/aromatic N) is 1. The van der Waals surface area contributed by atoms with E-state index >= 15 is 0 Å². The Morgan fingerprint density at radius 1 is 1.45 bits per heavy atom. The van der Waals surface area contributed by atoms with Gasteiger partial charge in [0.15, 0.2) is 0 Å². The fourth-order valence-electron chi connectivity index (χ4n) is 2.05. The molecule has 2 heterocycles. The van der Waals surface area contributed by atoms with E-state index in [1.54, 1.807) is 17.6 Å². The molecule has 0 saturated heterocycles. The van der Waals surface area contributed by atoms with Crippen molar-refractivity contribution in [2.24, 2.45) is 0 Å². The maximum Gasteiger partial charge on any atom is 0.220 e. The van der Waals surface area contributed by atoms with Gasteiger partial charge in [-0.3, -0.25) is 4.79 Å². The van der Waals surface area contributed by atoms with Crippen molar-refractivity contribution in [3.05, 3.63) is 46.5 Å². The lowest BCUT2D eigenvalue weighted by molar-refractivity contribution is -0.121. The molecule has 2 rings (SSSR count). The molecule has 0 aromatic carbocycles. The molecule has 20 heavy (non-hydrogen) atoms. The lowest BCUT2D eigenvalue weighted by atomic mass is 10.1. The highest BCUT2D eigenvalue weighted by Crippen LogP contribution is 2.19. The minimum atomic E-state index is 0.0588. The Kier molecular flexibility index (Phi) is 5.38. The number of likely N-dealkylation sites (N-methyl/N-ethyl adjacent to an activating group) is 1. The molecule has 0 bridgehead atoms. The first kappa shape index (κ1) is 14.8. The SMILES string of the molecule is CN(C)C(CNC(=O)CCc1ccco1)c1ccsc1. The molecule has 1 N–H and O–H groups in total. The molecular formula is C15H20N2O2S. The highest BCUT2D eigenvalue weighted by atomic mass is 32.1.